The predicted molar refractivity (Wildman–Crippen MR) is 151 cm³/mol. The molecule has 0 amide bonds. The Morgan fingerprint density at radius 1 is 0.838 bits per heavy atom. The number of anilines is 1. The molecule has 6 rings (SSSR count). The molecule has 0 spiro atoms. The number of imidazole rings is 1. The van der Waals surface area contributed by atoms with Crippen LogP contribution in [0.3, 0.4) is 0 Å². The van der Waals surface area contributed by atoms with Crippen molar-refractivity contribution in [3.05, 3.63) is 90.6 Å². The van der Waals surface area contributed by atoms with Gasteiger partial charge in [-0.15, -0.1) is 0 Å². The largest absolute Gasteiger partial charge is 0.383 e. The fraction of sp³-hybridized carbons (Fsp3) is 0.233. The molecule has 5 aromatic rings. The molecular weight excluding hydrogens is 458 g/mol. The number of nitrogens with one attached hydrogen (secondary N) is 1. The van der Waals surface area contributed by atoms with E-state index in [1.54, 1.807) is 6.20 Å². The van der Waals surface area contributed by atoms with Crippen LogP contribution in [0.25, 0.3) is 39.5 Å². The topological polar surface area (TPSA) is 84.9 Å². The number of aromatic nitrogens is 4. The molecule has 0 radical (unpaired) electrons. The Hall–Kier alpha value is -4.07. The first-order valence-electron chi connectivity index (χ1n) is 12.9. The lowest BCUT2D eigenvalue weighted by atomic mass is 10.1. The Bertz CT molecular complexity index is 1450. The zero-order valence-corrected chi connectivity index (χ0v) is 21.4. The second-order valence-electron chi connectivity index (χ2n) is 8.80. The molecular formula is C30H33N7. The van der Waals surface area contributed by atoms with E-state index in [1.807, 2.05) is 56.3 Å². The number of nitrogen functional groups attached to an aromatic ring is 1. The minimum absolute atomic E-state index is 0.447. The fourth-order valence-electron chi connectivity index (χ4n) is 4.64. The smallest absolute Gasteiger partial charge is 0.165 e. The third kappa shape index (κ3) is 5.23. The van der Waals surface area contributed by atoms with Crippen LogP contribution in [0.4, 0.5) is 5.82 Å². The van der Waals surface area contributed by atoms with Crippen LogP contribution in [0.15, 0.2) is 85.1 Å². The van der Waals surface area contributed by atoms with E-state index in [2.05, 4.69) is 56.2 Å². The summed E-state index contributed by atoms with van der Waals surface area (Å²) in [4.78, 5) is 16.8. The normalized spacial score (nSPS) is 13.8. The van der Waals surface area contributed by atoms with Gasteiger partial charge in [-0.25, -0.2) is 15.0 Å². The summed E-state index contributed by atoms with van der Waals surface area (Å²) >= 11 is 0. The van der Waals surface area contributed by atoms with Crippen LogP contribution in [0, 0.1) is 0 Å². The molecule has 0 bridgehead atoms. The molecule has 188 valence electrons. The molecule has 3 N–H and O–H groups in total. The molecule has 7 nitrogen and oxygen atoms in total. The van der Waals surface area contributed by atoms with Crippen molar-refractivity contribution in [1.29, 1.82) is 0 Å². The molecule has 0 aliphatic carbocycles. The number of rotatable bonds is 5. The standard InChI is InChI=1S/C28H27N7.C2H6/c29-26-23(7-4-14-31-26)27-33-25-13-12-24(21-5-2-1-3-6-21)32-28(25)35(27)22-10-8-20(9-11-22)19-34-17-15-30-16-18-34;1-2/h1-14,30H,15-19H2,(H2,29,31);1-2H3. The summed E-state index contributed by atoms with van der Waals surface area (Å²) in [6.07, 6.45) is 1.70. The van der Waals surface area contributed by atoms with Crippen LogP contribution in [-0.4, -0.2) is 50.6 Å². The highest BCUT2D eigenvalue weighted by Crippen LogP contribution is 2.31. The van der Waals surface area contributed by atoms with Gasteiger partial charge >= 0.3 is 0 Å². The predicted octanol–water partition coefficient (Wildman–Crippen LogP) is 5.16. The second kappa shape index (κ2) is 11.3. The quantitative estimate of drug-likeness (QED) is 0.353. The van der Waals surface area contributed by atoms with Gasteiger partial charge in [-0.2, -0.15) is 0 Å². The molecule has 7 heteroatoms. The van der Waals surface area contributed by atoms with Crippen molar-refractivity contribution in [3.8, 4) is 28.3 Å². The van der Waals surface area contributed by atoms with Gasteiger partial charge in [-0.3, -0.25) is 9.47 Å². The van der Waals surface area contributed by atoms with E-state index < -0.39 is 0 Å². The number of pyridine rings is 2. The second-order valence-corrected chi connectivity index (χ2v) is 8.80. The van der Waals surface area contributed by atoms with Gasteiger partial charge in [0.2, 0.25) is 0 Å². The van der Waals surface area contributed by atoms with Crippen LogP contribution in [0.2, 0.25) is 0 Å². The first-order chi connectivity index (χ1) is 18.3. The Kier molecular flexibility index (Phi) is 7.54. The van der Waals surface area contributed by atoms with Gasteiger partial charge in [0, 0.05) is 50.2 Å². The van der Waals surface area contributed by atoms with Crippen molar-refractivity contribution in [1.82, 2.24) is 29.7 Å². The Morgan fingerprint density at radius 2 is 1.59 bits per heavy atom. The molecule has 37 heavy (non-hydrogen) atoms. The summed E-state index contributed by atoms with van der Waals surface area (Å²) in [7, 11) is 0. The lowest BCUT2D eigenvalue weighted by molar-refractivity contribution is 0.233. The molecule has 0 atom stereocenters. The van der Waals surface area contributed by atoms with Crippen molar-refractivity contribution in [2.24, 2.45) is 0 Å². The lowest BCUT2D eigenvalue weighted by Gasteiger charge is -2.27. The van der Waals surface area contributed by atoms with Crippen molar-refractivity contribution >= 4 is 17.0 Å². The third-order valence-corrected chi connectivity index (χ3v) is 6.46. The fourth-order valence-corrected chi connectivity index (χ4v) is 4.64. The molecule has 1 aliphatic rings. The van der Waals surface area contributed by atoms with Crippen LogP contribution < -0.4 is 11.1 Å². The van der Waals surface area contributed by atoms with Crippen LogP contribution >= 0.6 is 0 Å². The highest BCUT2D eigenvalue weighted by molar-refractivity contribution is 5.84. The van der Waals surface area contributed by atoms with Gasteiger partial charge in [0.1, 0.15) is 11.3 Å². The molecule has 0 unspecified atom stereocenters. The van der Waals surface area contributed by atoms with Crippen molar-refractivity contribution in [2.45, 2.75) is 20.4 Å². The number of nitrogens with two attached hydrogens (primary N) is 1. The Balaban J connectivity index is 0.00000137. The zero-order valence-electron chi connectivity index (χ0n) is 21.4. The van der Waals surface area contributed by atoms with Gasteiger partial charge in [0.15, 0.2) is 11.5 Å². The van der Waals surface area contributed by atoms with Crippen molar-refractivity contribution in [3.63, 3.8) is 0 Å². The molecule has 3 aromatic heterocycles. The van der Waals surface area contributed by atoms with Crippen molar-refractivity contribution in [2.75, 3.05) is 31.9 Å². The minimum Gasteiger partial charge on any atom is -0.383 e. The van der Waals surface area contributed by atoms with Gasteiger partial charge in [0.25, 0.3) is 0 Å². The molecule has 0 saturated carbocycles. The SMILES string of the molecule is CC.Nc1ncccc1-c1nc2ccc(-c3ccccc3)nc2n1-c1ccc(CN2CCNCC2)cc1. The van der Waals surface area contributed by atoms with Crippen molar-refractivity contribution < 1.29 is 0 Å². The number of nitrogens with zero attached hydrogens (tertiary/aromatic N) is 5. The molecule has 4 heterocycles. The average Bonchev–Trinajstić information content (AvgIpc) is 3.34. The number of fused-ring (bicyclic) bond motifs is 1. The van der Waals surface area contributed by atoms with Gasteiger partial charge in [0.05, 0.1) is 11.3 Å². The maximum Gasteiger partial charge on any atom is 0.165 e. The van der Waals surface area contributed by atoms with Crippen LogP contribution in [0.1, 0.15) is 19.4 Å². The van der Waals surface area contributed by atoms with Crippen LogP contribution in [0.5, 0.6) is 0 Å². The van der Waals surface area contributed by atoms with E-state index in [0.717, 1.165) is 72.2 Å². The average molecular weight is 492 g/mol. The summed E-state index contributed by atoms with van der Waals surface area (Å²) in [5, 5.41) is 3.41. The highest BCUT2D eigenvalue weighted by atomic mass is 15.2. The Morgan fingerprint density at radius 3 is 2.32 bits per heavy atom. The highest BCUT2D eigenvalue weighted by Gasteiger charge is 2.19. The maximum atomic E-state index is 6.28. The lowest BCUT2D eigenvalue weighted by Crippen LogP contribution is -2.42. The van der Waals surface area contributed by atoms with Gasteiger partial charge < -0.3 is 11.1 Å². The summed E-state index contributed by atoms with van der Waals surface area (Å²) in [6, 6.07) is 26.8. The minimum atomic E-state index is 0.447. The van der Waals surface area contributed by atoms with E-state index in [0.29, 0.717) is 5.82 Å². The summed E-state index contributed by atoms with van der Waals surface area (Å²) in [5.74, 6) is 1.18. The van der Waals surface area contributed by atoms with E-state index in [-0.39, 0.29) is 0 Å². The molecule has 2 aromatic carbocycles. The summed E-state index contributed by atoms with van der Waals surface area (Å²) in [6.45, 7) is 9.19. The Labute approximate surface area is 218 Å². The van der Waals surface area contributed by atoms with E-state index >= 15 is 0 Å². The van der Waals surface area contributed by atoms with E-state index in [4.69, 9.17) is 15.7 Å². The summed E-state index contributed by atoms with van der Waals surface area (Å²) in [5.41, 5.74) is 12.9. The first-order valence-corrected chi connectivity index (χ1v) is 12.9. The maximum absolute atomic E-state index is 6.28. The van der Waals surface area contributed by atoms with Gasteiger partial charge in [-0.05, 0) is 42.0 Å². The van der Waals surface area contributed by atoms with E-state index in [1.165, 1.54) is 5.56 Å². The van der Waals surface area contributed by atoms with E-state index in [9.17, 15) is 0 Å². The van der Waals surface area contributed by atoms with Crippen LogP contribution in [-0.2, 0) is 6.54 Å². The summed E-state index contributed by atoms with van der Waals surface area (Å²) < 4.78 is 2.09. The zero-order chi connectivity index (χ0) is 25.6. The van der Waals surface area contributed by atoms with Gasteiger partial charge in [-0.1, -0.05) is 56.3 Å². The molecule has 1 aliphatic heterocycles. The number of piperazine rings is 1. The monoisotopic (exact) mass is 491 g/mol. The third-order valence-electron chi connectivity index (χ3n) is 6.46. The molecule has 1 fully saturated rings. The number of hydrogen-bond donors (Lipinski definition) is 2. The molecule has 1 saturated heterocycles. The first kappa shape index (κ1) is 24.6. The number of hydrogen-bond acceptors (Lipinski definition) is 6. The number of benzene rings is 2.